The van der Waals surface area contributed by atoms with Crippen LogP contribution >= 0.6 is 0 Å². The molecule has 1 N–H and O–H groups in total. The number of hydrogen-bond acceptors (Lipinski definition) is 4. The molecular weight excluding hydrogens is 479 g/mol. The van der Waals surface area contributed by atoms with Gasteiger partial charge in [-0.15, -0.1) is 0 Å². The fourth-order valence-corrected chi connectivity index (χ4v) is 4.28. The van der Waals surface area contributed by atoms with Crippen LogP contribution in [0.4, 0.5) is 4.39 Å². The van der Waals surface area contributed by atoms with E-state index in [9.17, 15) is 9.18 Å². The first kappa shape index (κ1) is 26.8. The van der Waals surface area contributed by atoms with Crippen LogP contribution in [0.15, 0.2) is 79.0 Å². The zero-order valence-corrected chi connectivity index (χ0v) is 22.1. The Bertz CT molecular complexity index is 1420. The third-order valence-electron chi connectivity index (χ3n) is 6.30. The number of hydrogen-bond donors (Lipinski definition) is 1. The van der Waals surface area contributed by atoms with Crippen LogP contribution in [-0.2, 0) is 4.79 Å². The molecule has 0 radical (unpaired) electrons. The average Bonchev–Trinajstić information content (AvgIpc) is 3.31. The van der Waals surface area contributed by atoms with Gasteiger partial charge in [0.05, 0.1) is 29.4 Å². The second-order valence-corrected chi connectivity index (χ2v) is 9.20. The van der Waals surface area contributed by atoms with E-state index >= 15 is 0 Å². The molecule has 0 saturated heterocycles. The summed E-state index contributed by atoms with van der Waals surface area (Å²) in [4.78, 5) is 17.9. The number of nitrogens with zero attached hydrogens (tertiary/aromatic N) is 3. The minimum atomic E-state index is -0.449. The molecule has 0 aliphatic heterocycles. The van der Waals surface area contributed by atoms with Crippen molar-refractivity contribution in [2.45, 2.75) is 32.6 Å². The minimum absolute atomic E-state index is 0.00542. The first-order valence-corrected chi connectivity index (χ1v) is 12.9. The first-order chi connectivity index (χ1) is 18.5. The highest BCUT2D eigenvalue weighted by molar-refractivity contribution is 5.99. The molecule has 38 heavy (non-hydrogen) atoms. The van der Waals surface area contributed by atoms with Crippen LogP contribution in [-0.4, -0.2) is 46.7 Å². The highest BCUT2D eigenvalue weighted by atomic mass is 19.1. The number of benzene rings is 2. The lowest BCUT2D eigenvalue weighted by Crippen LogP contribution is -2.18. The van der Waals surface area contributed by atoms with Crippen molar-refractivity contribution in [2.24, 2.45) is 0 Å². The van der Waals surface area contributed by atoms with Gasteiger partial charge in [0.2, 0.25) is 11.9 Å². The summed E-state index contributed by atoms with van der Waals surface area (Å²) < 4.78 is 20.3. The minimum Gasteiger partial charge on any atom is -0.492 e. The number of fused-ring (bicyclic) bond motifs is 1. The summed E-state index contributed by atoms with van der Waals surface area (Å²) in [5, 5.41) is 6.90. The number of carbonyl (C=O) groups excluding carboxylic acids is 1. The Morgan fingerprint density at radius 3 is 2.58 bits per heavy atom. The Morgan fingerprint density at radius 1 is 1.05 bits per heavy atom. The summed E-state index contributed by atoms with van der Waals surface area (Å²) in [7, 11) is 3.47. The Labute approximate surface area is 222 Å². The predicted molar refractivity (Wildman–Crippen MR) is 150 cm³/mol. The van der Waals surface area contributed by atoms with Gasteiger partial charge < -0.3 is 9.64 Å². The lowest BCUT2D eigenvalue weighted by molar-refractivity contribution is -0.123. The number of amides is 1. The SMILES string of the molecule is CC/C(=C(\c1ccc2n[nH]c(F)c2c1)c1ccc(OCCCC/C=C/C(=O)N(C)C)cn1)c1ccccc1. The van der Waals surface area contributed by atoms with E-state index in [0.717, 1.165) is 53.7 Å². The first-order valence-electron chi connectivity index (χ1n) is 12.9. The molecule has 196 valence electrons. The van der Waals surface area contributed by atoms with E-state index in [1.807, 2.05) is 54.6 Å². The molecule has 0 bridgehead atoms. The highest BCUT2D eigenvalue weighted by Gasteiger charge is 2.16. The number of rotatable bonds is 11. The third-order valence-corrected chi connectivity index (χ3v) is 6.30. The van der Waals surface area contributed by atoms with Crippen molar-refractivity contribution in [3.05, 3.63) is 102 Å². The van der Waals surface area contributed by atoms with Crippen LogP contribution in [0, 0.1) is 5.95 Å². The second-order valence-electron chi connectivity index (χ2n) is 9.20. The Balaban J connectivity index is 1.53. The van der Waals surface area contributed by atoms with Gasteiger partial charge in [0.1, 0.15) is 5.75 Å². The van der Waals surface area contributed by atoms with Gasteiger partial charge in [-0.2, -0.15) is 9.49 Å². The molecule has 2 aromatic heterocycles. The highest BCUT2D eigenvalue weighted by Crippen LogP contribution is 2.35. The summed E-state index contributed by atoms with van der Waals surface area (Å²) in [5.74, 6) is 0.241. The molecule has 2 aromatic carbocycles. The van der Waals surface area contributed by atoms with Crippen molar-refractivity contribution in [3.8, 4) is 5.75 Å². The number of nitrogens with one attached hydrogen (secondary N) is 1. The Hall–Kier alpha value is -4.26. The van der Waals surface area contributed by atoms with Gasteiger partial charge in [-0.1, -0.05) is 49.4 Å². The number of carbonyl (C=O) groups is 1. The number of halogens is 1. The van der Waals surface area contributed by atoms with E-state index in [1.54, 1.807) is 31.3 Å². The molecule has 0 fully saturated rings. The fourth-order valence-electron chi connectivity index (χ4n) is 4.28. The Kier molecular flexibility index (Phi) is 9.03. The van der Waals surface area contributed by atoms with Crippen molar-refractivity contribution in [1.82, 2.24) is 20.1 Å². The molecular formula is C31H33FN4O2. The fraction of sp³-hybridized carbons (Fsp3) is 0.258. The third kappa shape index (κ3) is 6.54. The normalized spacial score (nSPS) is 12.1. The smallest absolute Gasteiger partial charge is 0.245 e. The largest absolute Gasteiger partial charge is 0.492 e. The zero-order valence-electron chi connectivity index (χ0n) is 22.1. The number of aromatic amines is 1. The molecule has 0 saturated carbocycles. The number of likely N-dealkylation sites (N-methyl/N-ethyl adjacent to an activating group) is 1. The van der Waals surface area contributed by atoms with Crippen LogP contribution in [0.25, 0.3) is 22.0 Å². The maximum absolute atomic E-state index is 14.3. The van der Waals surface area contributed by atoms with E-state index in [-0.39, 0.29) is 5.91 Å². The van der Waals surface area contributed by atoms with Crippen LogP contribution in [0.3, 0.4) is 0 Å². The molecule has 2 heterocycles. The van der Waals surface area contributed by atoms with Crippen LogP contribution in [0.1, 0.15) is 49.4 Å². The van der Waals surface area contributed by atoms with Crippen LogP contribution in [0.5, 0.6) is 5.75 Å². The molecule has 0 atom stereocenters. The molecule has 0 spiro atoms. The maximum atomic E-state index is 14.3. The lowest BCUT2D eigenvalue weighted by Gasteiger charge is -2.16. The molecule has 0 aliphatic carbocycles. The van der Waals surface area contributed by atoms with Crippen molar-refractivity contribution in [3.63, 3.8) is 0 Å². The van der Waals surface area contributed by atoms with Gasteiger partial charge in [-0.05, 0) is 72.7 Å². The molecule has 0 unspecified atom stereocenters. The second kappa shape index (κ2) is 12.8. The molecule has 4 rings (SSSR count). The van der Waals surface area contributed by atoms with Gasteiger partial charge in [0.15, 0.2) is 0 Å². The number of pyridine rings is 1. The summed E-state index contributed by atoms with van der Waals surface area (Å²) in [6, 6.07) is 19.7. The monoisotopic (exact) mass is 512 g/mol. The van der Waals surface area contributed by atoms with Gasteiger partial charge in [-0.25, -0.2) is 0 Å². The van der Waals surface area contributed by atoms with Crippen molar-refractivity contribution >= 4 is 28.0 Å². The van der Waals surface area contributed by atoms with Gasteiger partial charge >= 0.3 is 0 Å². The molecule has 0 aliphatic rings. The van der Waals surface area contributed by atoms with Crippen molar-refractivity contribution < 1.29 is 13.9 Å². The van der Waals surface area contributed by atoms with Crippen molar-refractivity contribution in [2.75, 3.05) is 20.7 Å². The van der Waals surface area contributed by atoms with E-state index in [0.29, 0.717) is 23.3 Å². The van der Waals surface area contributed by atoms with Crippen LogP contribution < -0.4 is 4.74 Å². The van der Waals surface area contributed by atoms with Gasteiger partial charge in [0, 0.05) is 19.7 Å². The van der Waals surface area contributed by atoms with Crippen molar-refractivity contribution in [1.29, 1.82) is 0 Å². The number of H-pyrrole nitrogens is 1. The summed E-state index contributed by atoms with van der Waals surface area (Å²) >= 11 is 0. The predicted octanol–water partition coefficient (Wildman–Crippen LogP) is 6.66. The number of ether oxygens (including phenoxy) is 1. The standard InChI is InChI=1S/C31H33FN4O2/c1-4-25(22-12-8-7-9-13-22)30(23-15-17-27-26(20-23)31(32)35-34-27)28-18-16-24(21-33-28)38-19-11-6-5-10-14-29(37)36(2)3/h7-10,12-18,20-21H,4-6,11,19H2,1-3H3,(H,34,35)/b14-10+,30-25-. The number of allylic oxidation sites excluding steroid dienone is 2. The van der Waals surface area contributed by atoms with E-state index in [4.69, 9.17) is 9.72 Å². The zero-order chi connectivity index (χ0) is 26.9. The number of aromatic nitrogens is 3. The topological polar surface area (TPSA) is 71.1 Å². The van der Waals surface area contributed by atoms with E-state index < -0.39 is 5.95 Å². The van der Waals surface area contributed by atoms with Crippen LogP contribution in [0.2, 0.25) is 0 Å². The number of unbranched alkanes of at least 4 members (excludes halogenated alkanes) is 2. The molecule has 4 aromatic rings. The molecule has 1 amide bonds. The van der Waals surface area contributed by atoms with E-state index in [2.05, 4.69) is 29.3 Å². The molecule has 6 nitrogen and oxygen atoms in total. The Morgan fingerprint density at radius 2 is 1.87 bits per heavy atom. The quantitative estimate of drug-likeness (QED) is 0.139. The summed E-state index contributed by atoms with van der Waals surface area (Å²) in [6.07, 6.45) is 8.65. The summed E-state index contributed by atoms with van der Waals surface area (Å²) in [5.41, 5.74) is 5.42. The molecule has 7 heteroatoms. The average molecular weight is 513 g/mol. The lowest BCUT2D eigenvalue weighted by atomic mass is 9.90. The van der Waals surface area contributed by atoms with Gasteiger partial charge in [0.25, 0.3) is 0 Å². The van der Waals surface area contributed by atoms with Gasteiger partial charge in [-0.3, -0.25) is 14.9 Å². The summed E-state index contributed by atoms with van der Waals surface area (Å²) in [6.45, 7) is 2.68. The van der Waals surface area contributed by atoms with E-state index in [1.165, 1.54) is 0 Å². The maximum Gasteiger partial charge on any atom is 0.245 e.